The number of aliphatic hydroxyl groups is 1. The van der Waals surface area contributed by atoms with Crippen LogP contribution in [0.15, 0.2) is 0 Å². The number of hydrogen-bond acceptors (Lipinski definition) is 3. The molecule has 2 aliphatic carbocycles. The highest BCUT2D eigenvalue weighted by molar-refractivity contribution is 5.06. The molecule has 0 aromatic heterocycles. The van der Waals surface area contributed by atoms with Gasteiger partial charge in [-0.05, 0) is 56.4 Å². The molecule has 2 saturated carbocycles. The van der Waals surface area contributed by atoms with Crippen LogP contribution in [0.25, 0.3) is 0 Å². The number of likely N-dealkylation sites (tertiary alicyclic amines) is 1. The lowest BCUT2D eigenvalue weighted by atomic mass is 9.92. The van der Waals surface area contributed by atoms with Crippen LogP contribution in [0.2, 0.25) is 0 Å². The monoisotopic (exact) mass is 266 g/mol. The SMILES string of the molecule is CC(C)C1CCN(CC(CO)(NC2CC2)C2CC2)C1. The highest BCUT2D eigenvalue weighted by atomic mass is 16.3. The fraction of sp³-hybridized carbons (Fsp3) is 1.00. The zero-order valence-electron chi connectivity index (χ0n) is 12.6. The molecule has 3 rings (SSSR count). The van der Waals surface area contributed by atoms with E-state index in [0.29, 0.717) is 12.6 Å². The molecule has 0 radical (unpaired) electrons. The van der Waals surface area contributed by atoms with Crippen molar-refractivity contribution in [2.24, 2.45) is 17.8 Å². The van der Waals surface area contributed by atoms with Crippen LogP contribution in [0.4, 0.5) is 0 Å². The third-order valence-electron chi connectivity index (χ3n) is 5.47. The average molecular weight is 266 g/mol. The van der Waals surface area contributed by atoms with Crippen LogP contribution >= 0.6 is 0 Å². The summed E-state index contributed by atoms with van der Waals surface area (Å²) >= 11 is 0. The standard InChI is InChI=1S/C16H30N2O/c1-12(2)13-7-8-18(9-13)10-16(11-19,14-3-4-14)17-15-5-6-15/h12-15,17,19H,3-11H2,1-2H3. The van der Waals surface area contributed by atoms with E-state index in [4.69, 9.17) is 0 Å². The van der Waals surface area contributed by atoms with Gasteiger partial charge in [0.05, 0.1) is 12.1 Å². The largest absolute Gasteiger partial charge is 0.394 e. The Morgan fingerprint density at radius 3 is 2.42 bits per heavy atom. The second kappa shape index (κ2) is 5.34. The molecule has 2 N–H and O–H groups in total. The summed E-state index contributed by atoms with van der Waals surface area (Å²) in [5.74, 6) is 2.37. The Balaban J connectivity index is 1.61. The summed E-state index contributed by atoms with van der Waals surface area (Å²) in [6, 6.07) is 0.691. The Morgan fingerprint density at radius 1 is 1.21 bits per heavy atom. The summed E-state index contributed by atoms with van der Waals surface area (Å²) < 4.78 is 0. The summed E-state index contributed by atoms with van der Waals surface area (Å²) in [5, 5.41) is 13.8. The van der Waals surface area contributed by atoms with E-state index in [1.807, 2.05) is 0 Å². The summed E-state index contributed by atoms with van der Waals surface area (Å²) in [6.45, 7) is 8.53. The number of hydrogen-bond donors (Lipinski definition) is 2. The smallest absolute Gasteiger partial charge is 0.0628 e. The van der Waals surface area contributed by atoms with Crippen molar-refractivity contribution in [3.05, 3.63) is 0 Å². The molecule has 3 heteroatoms. The zero-order chi connectivity index (χ0) is 13.5. The molecule has 3 aliphatic rings. The highest BCUT2D eigenvalue weighted by Crippen LogP contribution is 2.42. The van der Waals surface area contributed by atoms with E-state index in [1.54, 1.807) is 0 Å². The normalized spacial score (nSPS) is 31.9. The molecule has 110 valence electrons. The van der Waals surface area contributed by atoms with Crippen molar-refractivity contribution in [3.63, 3.8) is 0 Å². The van der Waals surface area contributed by atoms with Crippen LogP contribution in [0.5, 0.6) is 0 Å². The first-order chi connectivity index (χ1) is 9.13. The molecular formula is C16H30N2O. The van der Waals surface area contributed by atoms with Crippen LogP contribution in [-0.2, 0) is 0 Å². The first kappa shape index (κ1) is 13.8. The summed E-state index contributed by atoms with van der Waals surface area (Å²) in [7, 11) is 0. The molecule has 1 aliphatic heterocycles. The van der Waals surface area contributed by atoms with E-state index >= 15 is 0 Å². The minimum atomic E-state index is 0.00698. The van der Waals surface area contributed by atoms with Gasteiger partial charge in [0, 0.05) is 19.1 Å². The predicted molar refractivity (Wildman–Crippen MR) is 78.1 cm³/mol. The van der Waals surface area contributed by atoms with Crippen LogP contribution < -0.4 is 5.32 Å². The van der Waals surface area contributed by atoms with Gasteiger partial charge in [-0.2, -0.15) is 0 Å². The molecule has 2 atom stereocenters. The second-order valence-corrected chi connectivity index (χ2v) is 7.54. The molecule has 1 saturated heterocycles. The van der Waals surface area contributed by atoms with E-state index in [9.17, 15) is 5.11 Å². The lowest BCUT2D eigenvalue weighted by molar-refractivity contribution is 0.0959. The second-order valence-electron chi connectivity index (χ2n) is 7.54. The molecule has 3 nitrogen and oxygen atoms in total. The fourth-order valence-electron chi connectivity index (χ4n) is 3.74. The number of nitrogens with zero attached hydrogens (tertiary/aromatic N) is 1. The molecule has 0 aromatic rings. The minimum absolute atomic E-state index is 0.00698. The first-order valence-corrected chi connectivity index (χ1v) is 8.24. The molecular weight excluding hydrogens is 236 g/mol. The van der Waals surface area contributed by atoms with Crippen LogP contribution in [0, 0.1) is 17.8 Å². The van der Waals surface area contributed by atoms with Crippen molar-refractivity contribution in [2.75, 3.05) is 26.2 Å². The number of rotatable bonds is 7. The fourth-order valence-corrected chi connectivity index (χ4v) is 3.74. The van der Waals surface area contributed by atoms with Crippen LogP contribution in [-0.4, -0.2) is 47.8 Å². The van der Waals surface area contributed by atoms with Gasteiger partial charge in [0.1, 0.15) is 0 Å². The van der Waals surface area contributed by atoms with E-state index in [-0.39, 0.29) is 5.54 Å². The Hall–Kier alpha value is -0.120. The molecule has 0 aromatic carbocycles. The Kier molecular flexibility index (Phi) is 3.89. The Labute approximate surface area is 117 Å². The van der Waals surface area contributed by atoms with E-state index in [0.717, 1.165) is 24.3 Å². The van der Waals surface area contributed by atoms with Crippen molar-refractivity contribution < 1.29 is 5.11 Å². The van der Waals surface area contributed by atoms with Crippen molar-refractivity contribution in [2.45, 2.75) is 57.5 Å². The van der Waals surface area contributed by atoms with Crippen molar-refractivity contribution in [1.82, 2.24) is 10.2 Å². The molecule has 0 amide bonds. The van der Waals surface area contributed by atoms with Gasteiger partial charge in [0.2, 0.25) is 0 Å². The van der Waals surface area contributed by atoms with Crippen molar-refractivity contribution in [3.8, 4) is 0 Å². The van der Waals surface area contributed by atoms with Crippen molar-refractivity contribution >= 4 is 0 Å². The van der Waals surface area contributed by atoms with Gasteiger partial charge in [-0.3, -0.25) is 0 Å². The summed E-state index contributed by atoms with van der Waals surface area (Å²) in [4.78, 5) is 2.61. The maximum atomic E-state index is 10.0. The quantitative estimate of drug-likeness (QED) is 0.738. The van der Waals surface area contributed by atoms with Gasteiger partial charge in [-0.25, -0.2) is 0 Å². The van der Waals surface area contributed by atoms with E-state index in [2.05, 4.69) is 24.1 Å². The first-order valence-electron chi connectivity index (χ1n) is 8.24. The molecule has 2 unspecified atom stereocenters. The zero-order valence-corrected chi connectivity index (χ0v) is 12.6. The third kappa shape index (κ3) is 3.14. The van der Waals surface area contributed by atoms with Crippen LogP contribution in [0.3, 0.4) is 0 Å². The molecule has 3 fully saturated rings. The van der Waals surface area contributed by atoms with Gasteiger partial charge in [0.15, 0.2) is 0 Å². The minimum Gasteiger partial charge on any atom is -0.394 e. The predicted octanol–water partition coefficient (Wildman–Crippen LogP) is 1.86. The maximum absolute atomic E-state index is 10.0. The van der Waals surface area contributed by atoms with Gasteiger partial charge in [-0.15, -0.1) is 0 Å². The maximum Gasteiger partial charge on any atom is 0.0628 e. The van der Waals surface area contributed by atoms with Gasteiger partial charge in [-0.1, -0.05) is 13.8 Å². The average Bonchev–Trinajstić information content (AvgIpc) is 3.28. The molecule has 19 heavy (non-hydrogen) atoms. The third-order valence-corrected chi connectivity index (χ3v) is 5.47. The number of nitrogens with one attached hydrogen (secondary N) is 1. The van der Waals surface area contributed by atoms with Crippen molar-refractivity contribution in [1.29, 1.82) is 0 Å². The van der Waals surface area contributed by atoms with E-state index < -0.39 is 0 Å². The highest BCUT2D eigenvalue weighted by Gasteiger charge is 2.48. The van der Waals surface area contributed by atoms with Crippen LogP contribution in [0.1, 0.15) is 46.0 Å². The van der Waals surface area contributed by atoms with E-state index in [1.165, 1.54) is 45.2 Å². The lowest BCUT2D eigenvalue weighted by Gasteiger charge is -2.37. The molecule has 1 heterocycles. The van der Waals surface area contributed by atoms with Gasteiger partial charge >= 0.3 is 0 Å². The van der Waals surface area contributed by atoms with Gasteiger partial charge in [0.25, 0.3) is 0 Å². The lowest BCUT2D eigenvalue weighted by Crippen LogP contribution is -2.58. The molecule has 0 spiro atoms. The summed E-state index contributed by atoms with van der Waals surface area (Å²) in [6.07, 6.45) is 6.57. The Bertz CT molecular complexity index is 312. The topological polar surface area (TPSA) is 35.5 Å². The van der Waals surface area contributed by atoms with Gasteiger partial charge < -0.3 is 15.3 Å². The number of aliphatic hydroxyl groups excluding tert-OH is 1. The molecule has 0 bridgehead atoms. The summed E-state index contributed by atoms with van der Waals surface area (Å²) in [5.41, 5.74) is 0.00698. The Morgan fingerprint density at radius 2 is 1.95 bits per heavy atom.